The lowest BCUT2D eigenvalue weighted by Gasteiger charge is -2.15. The predicted molar refractivity (Wildman–Crippen MR) is 105 cm³/mol. The van der Waals surface area contributed by atoms with Crippen molar-refractivity contribution in [2.24, 2.45) is 5.92 Å². The fourth-order valence-electron chi connectivity index (χ4n) is 3.58. The Labute approximate surface area is 168 Å². The van der Waals surface area contributed by atoms with Crippen molar-refractivity contribution in [3.05, 3.63) is 47.0 Å². The molecule has 0 radical (unpaired) electrons. The van der Waals surface area contributed by atoms with Crippen LogP contribution in [0.4, 0.5) is 0 Å². The molecule has 152 valence electrons. The SMILES string of the molecule is COc1cc(CC2COC(=O)C2=Cc2ccc3c(c2)OCO3)cc(OC)c1OC. The molecule has 4 rings (SSSR count). The number of methoxy groups -OCH3 is 3. The smallest absolute Gasteiger partial charge is 0.334 e. The minimum absolute atomic E-state index is 0.0873. The van der Waals surface area contributed by atoms with Gasteiger partial charge in [-0.3, -0.25) is 0 Å². The lowest BCUT2D eigenvalue weighted by Crippen LogP contribution is -2.08. The van der Waals surface area contributed by atoms with E-state index in [4.69, 9.17) is 28.4 Å². The zero-order chi connectivity index (χ0) is 20.4. The molecule has 2 aromatic rings. The van der Waals surface area contributed by atoms with Crippen LogP contribution in [0.25, 0.3) is 6.08 Å². The van der Waals surface area contributed by atoms with Gasteiger partial charge in [-0.1, -0.05) is 6.07 Å². The van der Waals surface area contributed by atoms with Gasteiger partial charge < -0.3 is 28.4 Å². The van der Waals surface area contributed by atoms with Crippen LogP contribution in [0, 0.1) is 5.92 Å². The second-order valence-electron chi connectivity index (χ2n) is 6.75. The van der Waals surface area contributed by atoms with Crippen LogP contribution in [-0.4, -0.2) is 40.7 Å². The van der Waals surface area contributed by atoms with Crippen LogP contribution in [0.3, 0.4) is 0 Å². The van der Waals surface area contributed by atoms with Crippen LogP contribution < -0.4 is 23.7 Å². The maximum absolute atomic E-state index is 12.3. The number of esters is 1. The summed E-state index contributed by atoms with van der Waals surface area (Å²) in [7, 11) is 4.72. The fraction of sp³-hybridized carbons (Fsp3) is 0.318. The fourth-order valence-corrected chi connectivity index (χ4v) is 3.58. The van der Waals surface area contributed by atoms with Gasteiger partial charge in [0, 0.05) is 11.5 Å². The monoisotopic (exact) mass is 398 g/mol. The van der Waals surface area contributed by atoms with Gasteiger partial charge in [0.15, 0.2) is 23.0 Å². The van der Waals surface area contributed by atoms with Crippen molar-refractivity contribution < 1.29 is 33.2 Å². The first-order valence-corrected chi connectivity index (χ1v) is 9.20. The number of fused-ring (bicyclic) bond motifs is 1. The van der Waals surface area contributed by atoms with Crippen LogP contribution in [0.1, 0.15) is 11.1 Å². The Kier molecular flexibility index (Phi) is 5.20. The van der Waals surface area contributed by atoms with Gasteiger partial charge in [-0.05, 0) is 47.9 Å². The standard InChI is InChI=1S/C22H22O7/c1-24-19-9-14(10-20(25-2)21(19)26-3)6-15-11-27-22(23)16(15)7-13-4-5-17-18(8-13)29-12-28-17/h4-5,7-10,15H,6,11-12H2,1-3H3. The van der Waals surface area contributed by atoms with Crippen LogP contribution in [0.2, 0.25) is 0 Å². The van der Waals surface area contributed by atoms with E-state index in [0.717, 1.165) is 11.1 Å². The highest BCUT2D eigenvalue weighted by atomic mass is 16.7. The van der Waals surface area contributed by atoms with E-state index >= 15 is 0 Å². The minimum Gasteiger partial charge on any atom is -0.493 e. The van der Waals surface area contributed by atoms with Crippen LogP contribution in [0.5, 0.6) is 28.7 Å². The Hall–Kier alpha value is -3.35. The number of rotatable bonds is 6. The first-order valence-electron chi connectivity index (χ1n) is 9.20. The topological polar surface area (TPSA) is 72.5 Å². The summed E-state index contributed by atoms with van der Waals surface area (Å²) in [6.45, 7) is 0.535. The molecule has 2 aromatic carbocycles. The van der Waals surface area contributed by atoms with Crippen LogP contribution >= 0.6 is 0 Å². The Bertz CT molecular complexity index is 939. The molecule has 0 bridgehead atoms. The summed E-state index contributed by atoms with van der Waals surface area (Å²) in [6.07, 6.45) is 2.44. The van der Waals surface area contributed by atoms with Gasteiger partial charge in [-0.2, -0.15) is 0 Å². The number of hydrogen-bond acceptors (Lipinski definition) is 7. The van der Waals surface area contributed by atoms with E-state index in [1.807, 2.05) is 36.4 Å². The number of carbonyl (C=O) groups is 1. The lowest BCUT2D eigenvalue weighted by molar-refractivity contribution is -0.135. The maximum atomic E-state index is 12.3. The maximum Gasteiger partial charge on any atom is 0.334 e. The third kappa shape index (κ3) is 3.68. The normalized spacial score (nSPS) is 18.7. The summed E-state index contributed by atoms with van der Waals surface area (Å²) < 4.78 is 32.3. The largest absolute Gasteiger partial charge is 0.493 e. The highest BCUT2D eigenvalue weighted by Crippen LogP contribution is 2.40. The van der Waals surface area contributed by atoms with E-state index < -0.39 is 0 Å². The van der Waals surface area contributed by atoms with Crippen LogP contribution in [0.15, 0.2) is 35.9 Å². The number of benzene rings is 2. The minimum atomic E-state index is -0.305. The van der Waals surface area contributed by atoms with Gasteiger partial charge in [-0.15, -0.1) is 0 Å². The van der Waals surface area contributed by atoms with E-state index in [2.05, 4.69) is 0 Å². The molecule has 2 aliphatic rings. The molecule has 2 aliphatic heterocycles. The first-order chi connectivity index (χ1) is 14.1. The van der Waals surface area contributed by atoms with Crippen molar-refractivity contribution in [1.82, 2.24) is 0 Å². The molecule has 0 N–H and O–H groups in total. The highest BCUT2D eigenvalue weighted by molar-refractivity contribution is 5.96. The third-order valence-electron chi connectivity index (χ3n) is 5.02. The Morgan fingerprint density at radius 2 is 1.69 bits per heavy atom. The van der Waals surface area contributed by atoms with Crippen molar-refractivity contribution >= 4 is 12.0 Å². The molecular formula is C22H22O7. The van der Waals surface area contributed by atoms with E-state index in [9.17, 15) is 4.79 Å². The van der Waals surface area contributed by atoms with Crippen molar-refractivity contribution in [2.75, 3.05) is 34.7 Å². The molecule has 0 aliphatic carbocycles. The highest BCUT2D eigenvalue weighted by Gasteiger charge is 2.31. The third-order valence-corrected chi connectivity index (χ3v) is 5.02. The van der Waals surface area contributed by atoms with Gasteiger partial charge in [0.25, 0.3) is 0 Å². The summed E-state index contributed by atoms with van der Waals surface area (Å²) in [4.78, 5) is 12.3. The Morgan fingerprint density at radius 1 is 0.966 bits per heavy atom. The average molecular weight is 398 g/mol. The first kappa shape index (κ1) is 19.0. The number of cyclic esters (lactones) is 1. The van der Waals surface area contributed by atoms with Gasteiger partial charge in [0.1, 0.15) is 0 Å². The zero-order valence-corrected chi connectivity index (χ0v) is 16.5. The van der Waals surface area contributed by atoms with E-state index in [0.29, 0.717) is 47.3 Å². The van der Waals surface area contributed by atoms with Crippen molar-refractivity contribution in [2.45, 2.75) is 6.42 Å². The Morgan fingerprint density at radius 3 is 2.38 bits per heavy atom. The number of carbonyl (C=O) groups excluding carboxylic acids is 1. The summed E-state index contributed by atoms with van der Waals surface area (Å²) in [5.41, 5.74) is 2.44. The second-order valence-corrected chi connectivity index (χ2v) is 6.75. The number of ether oxygens (including phenoxy) is 6. The van der Waals surface area contributed by atoms with Gasteiger partial charge in [0.2, 0.25) is 12.5 Å². The second kappa shape index (κ2) is 7.95. The molecule has 2 heterocycles. The molecule has 0 saturated carbocycles. The summed E-state index contributed by atoms with van der Waals surface area (Å²) >= 11 is 0. The van der Waals surface area contributed by atoms with Gasteiger partial charge >= 0.3 is 5.97 Å². The average Bonchev–Trinajstić information content (AvgIpc) is 3.34. The molecule has 29 heavy (non-hydrogen) atoms. The lowest BCUT2D eigenvalue weighted by atomic mass is 9.92. The molecule has 0 aromatic heterocycles. The molecule has 1 atom stereocenters. The number of hydrogen-bond donors (Lipinski definition) is 0. The molecule has 7 heteroatoms. The zero-order valence-electron chi connectivity index (χ0n) is 16.5. The van der Waals surface area contributed by atoms with Crippen LogP contribution in [-0.2, 0) is 16.0 Å². The molecule has 7 nitrogen and oxygen atoms in total. The molecular weight excluding hydrogens is 376 g/mol. The summed E-state index contributed by atoms with van der Waals surface area (Å²) in [5, 5.41) is 0. The summed E-state index contributed by atoms with van der Waals surface area (Å²) in [5.74, 6) is 2.67. The predicted octanol–water partition coefficient (Wildman–Crippen LogP) is 3.24. The van der Waals surface area contributed by atoms with Gasteiger partial charge in [-0.25, -0.2) is 4.79 Å². The van der Waals surface area contributed by atoms with E-state index in [1.165, 1.54) is 0 Å². The van der Waals surface area contributed by atoms with Crippen molar-refractivity contribution in [3.8, 4) is 28.7 Å². The summed E-state index contributed by atoms with van der Waals surface area (Å²) in [6, 6.07) is 9.37. The van der Waals surface area contributed by atoms with Gasteiger partial charge in [0.05, 0.1) is 27.9 Å². The Balaban J connectivity index is 1.62. The van der Waals surface area contributed by atoms with Crippen molar-refractivity contribution in [3.63, 3.8) is 0 Å². The molecule has 0 amide bonds. The van der Waals surface area contributed by atoms with E-state index in [1.54, 1.807) is 21.3 Å². The quantitative estimate of drug-likeness (QED) is 0.546. The molecule has 1 saturated heterocycles. The van der Waals surface area contributed by atoms with Crippen molar-refractivity contribution in [1.29, 1.82) is 0 Å². The molecule has 1 fully saturated rings. The molecule has 1 unspecified atom stereocenters. The van der Waals surface area contributed by atoms with E-state index in [-0.39, 0.29) is 18.7 Å². The molecule has 0 spiro atoms.